The van der Waals surface area contributed by atoms with Crippen LogP contribution in [0.5, 0.6) is 5.75 Å². The molecule has 8 heteroatoms. The van der Waals surface area contributed by atoms with E-state index in [0.717, 1.165) is 0 Å². The highest BCUT2D eigenvalue weighted by molar-refractivity contribution is 5.93. The molecule has 0 spiro atoms. The normalized spacial score (nSPS) is 16.2. The first-order chi connectivity index (χ1) is 15.0. The first-order valence-corrected chi connectivity index (χ1v) is 10.1. The number of aromatic nitrogens is 1. The van der Waals surface area contributed by atoms with Crippen LogP contribution in [0.1, 0.15) is 31.4 Å². The first-order valence-electron chi connectivity index (χ1n) is 10.1. The molecule has 0 saturated heterocycles. The Bertz CT molecular complexity index is 1190. The van der Waals surface area contributed by atoms with Crippen molar-refractivity contribution in [2.75, 3.05) is 6.61 Å². The number of aliphatic imine (C=N–C) groups is 1. The van der Waals surface area contributed by atoms with Gasteiger partial charge >= 0.3 is 6.18 Å². The Morgan fingerprint density at radius 2 is 1.97 bits per heavy atom. The summed E-state index contributed by atoms with van der Waals surface area (Å²) in [6.45, 7) is 3.39. The average molecular weight is 446 g/mol. The summed E-state index contributed by atoms with van der Waals surface area (Å²) in [4.78, 5) is 8.01. The Hall–Kier alpha value is -3.00. The predicted molar refractivity (Wildman–Crippen MR) is 114 cm³/mol. The maximum atomic E-state index is 14.2. The SMILES string of the molecule is CC(C)(CC(O)(C=Nc1cccc2cnccc12)C(F)(F)F)c1cc(F)cc2c1OCC2. The summed E-state index contributed by atoms with van der Waals surface area (Å²) in [5.41, 5.74) is -3.33. The molecule has 1 aromatic heterocycles. The van der Waals surface area contributed by atoms with Gasteiger partial charge < -0.3 is 9.84 Å². The monoisotopic (exact) mass is 446 g/mol. The number of ether oxygens (including phenoxy) is 1. The molecule has 2 heterocycles. The molecular weight excluding hydrogens is 424 g/mol. The van der Waals surface area contributed by atoms with Gasteiger partial charge in [0.05, 0.1) is 12.3 Å². The maximum absolute atomic E-state index is 14.2. The fraction of sp³-hybridized carbons (Fsp3) is 0.333. The molecule has 32 heavy (non-hydrogen) atoms. The molecule has 4 nitrogen and oxygen atoms in total. The highest BCUT2D eigenvalue weighted by Gasteiger charge is 2.55. The van der Waals surface area contributed by atoms with Crippen molar-refractivity contribution < 1.29 is 27.4 Å². The Morgan fingerprint density at radius 1 is 1.19 bits per heavy atom. The van der Waals surface area contributed by atoms with E-state index < -0.39 is 29.4 Å². The van der Waals surface area contributed by atoms with E-state index >= 15 is 0 Å². The number of pyridine rings is 1. The largest absolute Gasteiger partial charge is 0.493 e. The van der Waals surface area contributed by atoms with Crippen LogP contribution in [0.3, 0.4) is 0 Å². The molecule has 0 saturated carbocycles. The van der Waals surface area contributed by atoms with E-state index in [-0.39, 0.29) is 11.3 Å². The van der Waals surface area contributed by atoms with Crippen molar-refractivity contribution in [2.45, 2.75) is 43.9 Å². The van der Waals surface area contributed by atoms with Crippen molar-refractivity contribution >= 4 is 22.7 Å². The summed E-state index contributed by atoms with van der Waals surface area (Å²) in [7, 11) is 0. The molecule has 0 bridgehead atoms. The minimum Gasteiger partial charge on any atom is -0.493 e. The zero-order valence-corrected chi connectivity index (χ0v) is 17.6. The fourth-order valence-corrected chi connectivity index (χ4v) is 4.15. The summed E-state index contributed by atoms with van der Waals surface area (Å²) < 4.78 is 61.9. The van der Waals surface area contributed by atoms with E-state index in [1.807, 2.05) is 0 Å². The molecule has 1 aliphatic rings. The molecule has 0 fully saturated rings. The lowest BCUT2D eigenvalue weighted by molar-refractivity contribution is -0.234. The van der Waals surface area contributed by atoms with Gasteiger partial charge in [-0.15, -0.1) is 0 Å². The molecule has 1 aliphatic heterocycles. The molecule has 1 N–H and O–H groups in total. The maximum Gasteiger partial charge on any atom is 0.422 e. The standard InChI is InChI=1S/C24H22F4N2O2/c1-22(2,19-11-17(25)10-15-7-9-32-21(15)19)13-23(31,24(26,27)28)14-30-20-5-3-4-16-12-29-8-6-18(16)20/h3-6,8,10-12,14,31H,7,9,13H2,1-2H3. The number of halogens is 4. The first kappa shape index (κ1) is 22.2. The Labute approximate surface area is 182 Å². The van der Waals surface area contributed by atoms with Crippen LogP contribution in [0.15, 0.2) is 53.8 Å². The quantitative estimate of drug-likeness (QED) is 0.406. The van der Waals surface area contributed by atoms with E-state index in [2.05, 4.69) is 9.98 Å². The number of nitrogens with zero attached hydrogens (tertiary/aromatic N) is 2. The molecule has 0 amide bonds. The van der Waals surface area contributed by atoms with E-state index in [4.69, 9.17) is 4.74 Å². The summed E-state index contributed by atoms with van der Waals surface area (Å²) in [5.74, 6) is -0.162. The Balaban J connectivity index is 1.73. The zero-order valence-electron chi connectivity index (χ0n) is 17.6. The van der Waals surface area contributed by atoms with Crippen molar-refractivity contribution in [1.29, 1.82) is 0 Å². The molecule has 1 unspecified atom stereocenters. The van der Waals surface area contributed by atoms with E-state index in [1.165, 1.54) is 32.2 Å². The molecule has 0 radical (unpaired) electrons. The average Bonchev–Trinajstić information content (AvgIpc) is 3.18. The van der Waals surface area contributed by atoms with E-state index in [9.17, 15) is 22.7 Å². The molecule has 3 aromatic rings. The summed E-state index contributed by atoms with van der Waals surface area (Å²) in [6.07, 6.45) is -1.65. The van der Waals surface area contributed by atoms with Gasteiger partial charge in [0.1, 0.15) is 11.6 Å². The topological polar surface area (TPSA) is 54.7 Å². The lowest BCUT2D eigenvalue weighted by Crippen LogP contribution is -2.50. The van der Waals surface area contributed by atoms with Crippen molar-refractivity contribution in [3.05, 3.63) is 65.7 Å². The van der Waals surface area contributed by atoms with Crippen LogP contribution in [-0.2, 0) is 11.8 Å². The second kappa shape index (κ2) is 7.85. The lowest BCUT2D eigenvalue weighted by atomic mass is 9.74. The van der Waals surface area contributed by atoms with Gasteiger partial charge in [-0.3, -0.25) is 9.98 Å². The second-order valence-electron chi connectivity index (χ2n) is 8.65. The van der Waals surface area contributed by atoms with Gasteiger partial charge in [-0.05, 0) is 36.1 Å². The van der Waals surface area contributed by atoms with Gasteiger partial charge in [-0.2, -0.15) is 13.2 Å². The second-order valence-corrected chi connectivity index (χ2v) is 8.65. The van der Waals surface area contributed by atoms with Gasteiger partial charge in [0.2, 0.25) is 0 Å². The van der Waals surface area contributed by atoms with Crippen molar-refractivity contribution in [2.24, 2.45) is 4.99 Å². The zero-order chi connectivity index (χ0) is 23.1. The minimum atomic E-state index is -5.00. The third-order valence-corrected chi connectivity index (χ3v) is 5.75. The van der Waals surface area contributed by atoms with Crippen LogP contribution in [0, 0.1) is 5.82 Å². The van der Waals surface area contributed by atoms with Crippen LogP contribution in [0.4, 0.5) is 23.2 Å². The molecule has 0 aliphatic carbocycles. The number of hydrogen-bond donors (Lipinski definition) is 1. The van der Waals surface area contributed by atoms with Crippen LogP contribution in [0.25, 0.3) is 10.8 Å². The van der Waals surface area contributed by atoms with Gasteiger partial charge in [-0.25, -0.2) is 4.39 Å². The number of aliphatic hydroxyl groups is 1. The van der Waals surface area contributed by atoms with Gasteiger partial charge in [0, 0.05) is 46.9 Å². The molecule has 2 aromatic carbocycles. The van der Waals surface area contributed by atoms with Gasteiger partial charge in [-0.1, -0.05) is 26.0 Å². The summed E-state index contributed by atoms with van der Waals surface area (Å²) in [5, 5.41) is 12.1. The minimum absolute atomic E-state index is 0.278. The summed E-state index contributed by atoms with van der Waals surface area (Å²) >= 11 is 0. The van der Waals surface area contributed by atoms with Gasteiger partial charge in [0.15, 0.2) is 5.60 Å². The predicted octanol–water partition coefficient (Wildman–Crippen LogP) is 5.67. The summed E-state index contributed by atoms with van der Waals surface area (Å²) in [6, 6.07) is 9.14. The van der Waals surface area contributed by atoms with E-state index in [1.54, 1.807) is 30.5 Å². The number of benzene rings is 2. The van der Waals surface area contributed by atoms with Crippen LogP contribution in [-0.4, -0.2) is 34.7 Å². The van der Waals surface area contributed by atoms with Gasteiger partial charge in [0.25, 0.3) is 0 Å². The van der Waals surface area contributed by atoms with Crippen molar-refractivity contribution in [3.8, 4) is 5.75 Å². The number of alkyl halides is 3. The smallest absolute Gasteiger partial charge is 0.422 e. The third-order valence-electron chi connectivity index (χ3n) is 5.75. The fourth-order valence-electron chi connectivity index (χ4n) is 4.15. The highest BCUT2D eigenvalue weighted by atomic mass is 19.4. The number of fused-ring (bicyclic) bond motifs is 2. The molecule has 4 rings (SSSR count). The van der Waals surface area contributed by atoms with Crippen LogP contribution >= 0.6 is 0 Å². The van der Waals surface area contributed by atoms with Crippen LogP contribution < -0.4 is 4.74 Å². The molecular formula is C24H22F4N2O2. The van der Waals surface area contributed by atoms with E-state index in [0.29, 0.717) is 41.3 Å². The van der Waals surface area contributed by atoms with Crippen molar-refractivity contribution in [1.82, 2.24) is 4.98 Å². The molecule has 168 valence electrons. The Morgan fingerprint density at radius 3 is 2.72 bits per heavy atom. The highest BCUT2D eigenvalue weighted by Crippen LogP contribution is 2.45. The number of hydrogen-bond acceptors (Lipinski definition) is 4. The van der Waals surface area contributed by atoms with Crippen LogP contribution in [0.2, 0.25) is 0 Å². The third kappa shape index (κ3) is 4.07. The number of rotatable bonds is 5. The van der Waals surface area contributed by atoms with Crippen molar-refractivity contribution in [3.63, 3.8) is 0 Å². The Kier molecular flexibility index (Phi) is 5.45. The lowest BCUT2D eigenvalue weighted by Gasteiger charge is -2.36. The molecule has 1 atom stereocenters.